The Morgan fingerprint density at radius 3 is 2.38 bits per heavy atom. The molecule has 0 N–H and O–H groups in total. The minimum absolute atomic E-state index is 0.262. The van der Waals surface area contributed by atoms with Crippen molar-refractivity contribution in [2.75, 3.05) is 0 Å². The van der Waals surface area contributed by atoms with Gasteiger partial charge in [0.15, 0.2) is 16.1 Å². The van der Waals surface area contributed by atoms with Crippen molar-refractivity contribution in [2.24, 2.45) is 0 Å². The minimum atomic E-state index is -0.790. The number of aromatic nitrogens is 3. The largest absolute Gasteiger partial charge is 0.246 e. The second kappa shape index (κ2) is 4.61. The fraction of sp³-hybridized carbons (Fsp3) is 0.222. The third kappa shape index (κ3) is 2.48. The molecule has 0 aliphatic rings. The maximum absolute atomic E-state index is 13.1. The first-order valence-electron chi connectivity index (χ1n) is 4.34. The lowest BCUT2D eigenvalue weighted by atomic mass is 10.3. The van der Waals surface area contributed by atoms with Gasteiger partial charge in [0.2, 0.25) is 0 Å². The number of thiazole rings is 1. The number of rotatable bonds is 2. The second-order valence-electron chi connectivity index (χ2n) is 3.07. The van der Waals surface area contributed by atoms with Crippen molar-refractivity contribution in [3.05, 3.63) is 38.0 Å². The van der Waals surface area contributed by atoms with E-state index in [1.165, 1.54) is 11.3 Å². The lowest BCUT2D eigenvalue weighted by molar-refractivity contribution is 0.610. The summed E-state index contributed by atoms with van der Waals surface area (Å²) in [7, 11) is 0. The van der Waals surface area contributed by atoms with E-state index in [9.17, 15) is 4.39 Å². The molecule has 0 amide bonds. The molecule has 0 saturated carbocycles. The van der Waals surface area contributed by atoms with Gasteiger partial charge in [0.1, 0.15) is 5.82 Å². The average Bonchev–Trinajstić information content (AvgIpc) is 2.60. The van der Waals surface area contributed by atoms with Crippen LogP contribution in [0.15, 0.2) is 5.38 Å². The number of halogens is 3. The molecule has 0 aliphatic carbocycles. The van der Waals surface area contributed by atoms with Crippen LogP contribution in [0.3, 0.4) is 0 Å². The summed E-state index contributed by atoms with van der Waals surface area (Å²) in [6.07, 6.45) is 0.393. The molecule has 0 atom stereocenters. The van der Waals surface area contributed by atoms with Crippen molar-refractivity contribution in [2.45, 2.75) is 13.3 Å². The van der Waals surface area contributed by atoms with Gasteiger partial charge >= 0.3 is 0 Å². The molecule has 2 rings (SSSR count). The van der Waals surface area contributed by atoms with Gasteiger partial charge in [0, 0.05) is 5.38 Å². The van der Waals surface area contributed by atoms with Crippen molar-refractivity contribution in [3.63, 3.8) is 0 Å². The number of aryl methyl sites for hydroxylation is 1. The van der Waals surface area contributed by atoms with E-state index in [2.05, 4.69) is 15.0 Å². The van der Waals surface area contributed by atoms with Crippen LogP contribution >= 0.6 is 34.5 Å². The Labute approximate surface area is 105 Å². The summed E-state index contributed by atoms with van der Waals surface area (Å²) < 4.78 is 13.1. The van der Waals surface area contributed by atoms with E-state index < -0.39 is 5.82 Å². The molecule has 0 spiro atoms. The van der Waals surface area contributed by atoms with Crippen LogP contribution in [0.25, 0.3) is 0 Å². The average molecular weight is 278 g/mol. The third-order valence-electron chi connectivity index (χ3n) is 1.82. The molecule has 0 unspecified atom stereocenters. The van der Waals surface area contributed by atoms with Crippen molar-refractivity contribution < 1.29 is 4.39 Å². The van der Waals surface area contributed by atoms with Crippen LogP contribution in [0.4, 0.5) is 4.39 Å². The van der Waals surface area contributed by atoms with Crippen LogP contribution in [0.1, 0.15) is 16.5 Å². The van der Waals surface area contributed by atoms with Gasteiger partial charge in [-0.25, -0.2) is 19.3 Å². The minimum Gasteiger partial charge on any atom is -0.246 e. The first-order valence-corrected chi connectivity index (χ1v) is 5.98. The van der Waals surface area contributed by atoms with Crippen molar-refractivity contribution in [1.29, 1.82) is 0 Å². The topological polar surface area (TPSA) is 38.7 Å². The standard InChI is InChI=1S/C9H6Cl2FN3S/c1-4-13-5(3-16-4)2-6-14-8(10)7(12)9(11)15-6/h3H,2H2,1H3. The Bertz CT molecular complexity index is 506. The maximum Gasteiger partial charge on any atom is 0.197 e. The summed E-state index contributed by atoms with van der Waals surface area (Å²) in [6.45, 7) is 1.90. The fourth-order valence-corrected chi connectivity index (χ4v) is 2.20. The third-order valence-corrected chi connectivity index (χ3v) is 3.15. The Hall–Kier alpha value is -0.780. The second-order valence-corrected chi connectivity index (χ2v) is 4.85. The first kappa shape index (κ1) is 11.7. The SMILES string of the molecule is Cc1nc(Cc2nc(Cl)c(F)c(Cl)n2)cs1. The van der Waals surface area contributed by atoms with E-state index in [0.29, 0.717) is 12.2 Å². The van der Waals surface area contributed by atoms with Gasteiger partial charge in [0.25, 0.3) is 0 Å². The van der Waals surface area contributed by atoms with Gasteiger partial charge in [0.05, 0.1) is 17.1 Å². The van der Waals surface area contributed by atoms with E-state index >= 15 is 0 Å². The molecule has 84 valence electrons. The van der Waals surface area contributed by atoms with E-state index in [1.54, 1.807) is 0 Å². The zero-order valence-corrected chi connectivity index (χ0v) is 10.5. The quantitative estimate of drug-likeness (QED) is 0.791. The van der Waals surface area contributed by atoms with Crippen molar-refractivity contribution in [1.82, 2.24) is 15.0 Å². The van der Waals surface area contributed by atoms with Gasteiger partial charge < -0.3 is 0 Å². The van der Waals surface area contributed by atoms with Crippen LogP contribution in [0.5, 0.6) is 0 Å². The van der Waals surface area contributed by atoms with E-state index in [4.69, 9.17) is 23.2 Å². The predicted octanol–water partition coefficient (Wildman–Crippen LogP) is 3.28. The molecule has 3 nitrogen and oxygen atoms in total. The summed E-state index contributed by atoms with van der Waals surface area (Å²) >= 11 is 12.7. The molecule has 16 heavy (non-hydrogen) atoms. The summed E-state index contributed by atoms with van der Waals surface area (Å²) in [5.74, 6) is -0.428. The molecule has 0 fully saturated rings. The van der Waals surface area contributed by atoms with Crippen LogP contribution < -0.4 is 0 Å². The fourth-order valence-electron chi connectivity index (χ4n) is 1.17. The van der Waals surface area contributed by atoms with Crippen molar-refractivity contribution >= 4 is 34.5 Å². The molecule has 0 radical (unpaired) electrons. The molecule has 0 aliphatic heterocycles. The van der Waals surface area contributed by atoms with E-state index in [0.717, 1.165) is 10.7 Å². The van der Waals surface area contributed by atoms with Crippen molar-refractivity contribution in [3.8, 4) is 0 Å². The highest BCUT2D eigenvalue weighted by Crippen LogP contribution is 2.20. The molecular formula is C9H6Cl2FN3S. The number of hydrogen-bond donors (Lipinski definition) is 0. The van der Waals surface area contributed by atoms with Gasteiger partial charge in [-0.3, -0.25) is 0 Å². The Morgan fingerprint density at radius 2 is 1.88 bits per heavy atom. The molecule has 2 aromatic rings. The van der Waals surface area contributed by atoms with Crippen LogP contribution in [-0.4, -0.2) is 15.0 Å². The van der Waals surface area contributed by atoms with Gasteiger partial charge in [-0.2, -0.15) is 0 Å². The van der Waals surface area contributed by atoms with Crippen LogP contribution in [0, 0.1) is 12.7 Å². The highest BCUT2D eigenvalue weighted by molar-refractivity contribution is 7.09. The monoisotopic (exact) mass is 277 g/mol. The number of hydrogen-bond acceptors (Lipinski definition) is 4. The highest BCUT2D eigenvalue weighted by atomic mass is 35.5. The zero-order chi connectivity index (χ0) is 11.7. The number of nitrogens with zero attached hydrogens (tertiary/aromatic N) is 3. The van der Waals surface area contributed by atoms with Gasteiger partial charge in [-0.15, -0.1) is 11.3 Å². The van der Waals surface area contributed by atoms with Gasteiger partial charge in [-0.05, 0) is 6.92 Å². The Morgan fingerprint density at radius 1 is 1.25 bits per heavy atom. The summed E-state index contributed by atoms with van der Waals surface area (Å²) in [4.78, 5) is 11.8. The molecular weight excluding hydrogens is 272 g/mol. The Kier molecular flexibility index (Phi) is 3.37. The molecule has 0 aromatic carbocycles. The molecule has 7 heteroatoms. The molecule has 2 heterocycles. The summed E-state index contributed by atoms with van der Waals surface area (Å²) in [6, 6.07) is 0. The van der Waals surface area contributed by atoms with E-state index in [-0.39, 0.29) is 10.3 Å². The lowest BCUT2D eigenvalue weighted by Gasteiger charge is -2.00. The van der Waals surface area contributed by atoms with Crippen LogP contribution in [-0.2, 0) is 6.42 Å². The molecule has 2 aromatic heterocycles. The van der Waals surface area contributed by atoms with Gasteiger partial charge in [-0.1, -0.05) is 23.2 Å². The first-order chi connectivity index (χ1) is 7.56. The highest BCUT2D eigenvalue weighted by Gasteiger charge is 2.12. The maximum atomic E-state index is 13.1. The normalized spacial score (nSPS) is 10.8. The molecule has 0 saturated heterocycles. The Balaban J connectivity index is 2.28. The van der Waals surface area contributed by atoms with Crippen LogP contribution in [0.2, 0.25) is 10.3 Å². The predicted molar refractivity (Wildman–Crippen MR) is 61.7 cm³/mol. The molecule has 0 bridgehead atoms. The summed E-state index contributed by atoms with van der Waals surface area (Å²) in [5.41, 5.74) is 0.821. The lowest BCUT2D eigenvalue weighted by Crippen LogP contribution is -2.00. The zero-order valence-electron chi connectivity index (χ0n) is 8.17. The van der Waals surface area contributed by atoms with E-state index in [1.807, 2.05) is 12.3 Å². The summed E-state index contributed by atoms with van der Waals surface area (Å²) in [5, 5.41) is 2.32. The smallest absolute Gasteiger partial charge is 0.197 e.